The molecule has 2 fully saturated rings. The monoisotopic (exact) mass is 1200 g/mol. The van der Waals surface area contributed by atoms with Gasteiger partial charge in [-0.1, -0.05) is 183 Å². The second-order valence-corrected chi connectivity index (χ2v) is 18.3. The molecule has 0 aliphatic heterocycles. The number of carboxylic acids is 2. The van der Waals surface area contributed by atoms with Crippen LogP contribution in [0.4, 0.5) is 0 Å². The Labute approximate surface area is 383 Å². The number of rotatable bonds is 8. The van der Waals surface area contributed by atoms with Gasteiger partial charge in [-0.15, -0.1) is 0 Å². The first-order chi connectivity index (χ1) is 26.5. The summed E-state index contributed by atoms with van der Waals surface area (Å²) in [6.07, 6.45) is 11.3. The molecule has 4 nitrogen and oxygen atoms in total. The van der Waals surface area contributed by atoms with Crippen LogP contribution >= 0.6 is 15.8 Å². The van der Waals surface area contributed by atoms with Gasteiger partial charge in [-0.2, -0.15) is 0 Å². The maximum absolute atomic E-state index is 10.2. The third-order valence-corrected chi connectivity index (χ3v) is 15.5. The molecule has 2 saturated carbocycles. The predicted molar refractivity (Wildman–Crippen MR) is 229 cm³/mol. The number of hydrogen-bond acceptors (Lipinski definition) is 2. The molecule has 6 aromatic rings. The van der Waals surface area contributed by atoms with Crippen molar-refractivity contribution in [3.05, 3.63) is 193 Å². The number of hydrogen-bond donors (Lipinski definition) is 2. The van der Waals surface area contributed by atoms with Crippen LogP contribution < -0.4 is 21.2 Å². The van der Waals surface area contributed by atoms with Crippen molar-refractivity contribution in [1.29, 1.82) is 0 Å². The van der Waals surface area contributed by atoms with E-state index in [9.17, 15) is 9.59 Å². The largest absolute Gasteiger partial charge is 2.00 e. The van der Waals surface area contributed by atoms with Gasteiger partial charge in [-0.3, -0.25) is 0 Å². The minimum atomic E-state index is -0.879. The second kappa shape index (κ2) is 28.5. The van der Waals surface area contributed by atoms with E-state index in [-0.39, 0.29) is 77.7 Å². The Hall–Kier alpha value is -2.88. The molecule has 2 radical (unpaired) electrons. The molecule has 304 valence electrons. The van der Waals surface area contributed by atoms with Crippen molar-refractivity contribution >= 4 is 49.0 Å². The fourth-order valence-electron chi connectivity index (χ4n) is 6.98. The third kappa shape index (κ3) is 16.7. The fraction of sp³-hybridized carbons (Fsp3) is 0.208. The maximum atomic E-state index is 10.2. The summed E-state index contributed by atoms with van der Waals surface area (Å²) in [5.41, 5.74) is 2.45. The molecule has 8 rings (SSSR count). The number of aromatic carboxylic acids is 2. The van der Waals surface area contributed by atoms with Crippen LogP contribution in [0.2, 0.25) is 0 Å². The fourth-order valence-corrected chi connectivity index (χ4v) is 13.0. The average Bonchev–Trinajstić information content (AvgIpc) is 3.98. The van der Waals surface area contributed by atoms with Crippen molar-refractivity contribution in [3.8, 4) is 0 Å². The van der Waals surface area contributed by atoms with Crippen molar-refractivity contribution < 1.29 is 81.6 Å². The van der Waals surface area contributed by atoms with E-state index < -0.39 is 11.9 Å². The standard InChI is InChI=1S/2C17H19P.2C7H6O2.2Au.Fe/c2*1-3-9-15(10-4-1)18(17-13-7-8-14-17)16-11-5-2-6-12-16;2*8-7(9)6-4-2-1-3-5-6;;;/h2*1-6,9-12,17H,7-8,13-14H2;2*1-5H,(H,8,9);;;/q;;;;;;+2. The van der Waals surface area contributed by atoms with Crippen molar-refractivity contribution in [2.75, 3.05) is 0 Å². The Morgan fingerprint density at radius 2 is 0.561 bits per heavy atom. The minimum Gasteiger partial charge on any atom is -0.478 e. The molecule has 0 atom stereocenters. The molecular formula is C48H50Au2FeO4P2+2. The van der Waals surface area contributed by atoms with Gasteiger partial charge in [0.1, 0.15) is 0 Å². The Morgan fingerprint density at radius 1 is 0.368 bits per heavy atom. The molecule has 0 spiro atoms. The predicted octanol–water partition coefficient (Wildman–Crippen LogP) is 10.9. The SMILES string of the molecule is O=C(O)c1ccccc1.O=C(O)c1ccccc1.[Au].[Au].[Fe+2].c1ccc(P(c2ccccc2)C2CCCC2)cc1.c1ccc(P(c2ccccc2)C2CCCC2)cc1. The summed E-state index contributed by atoms with van der Waals surface area (Å²) < 4.78 is 0. The van der Waals surface area contributed by atoms with E-state index in [2.05, 4.69) is 121 Å². The molecule has 57 heavy (non-hydrogen) atoms. The summed E-state index contributed by atoms with van der Waals surface area (Å²) in [4.78, 5) is 20.4. The zero-order valence-electron chi connectivity index (χ0n) is 31.7. The van der Waals surface area contributed by atoms with Gasteiger partial charge in [0.15, 0.2) is 0 Å². The molecule has 6 aromatic carbocycles. The van der Waals surface area contributed by atoms with E-state index in [0.717, 1.165) is 11.3 Å². The quantitative estimate of drug-likeness (QED) is 0.118. The van der Waals surface area contributed by atoms with Crippen LogP contribution in [0, 0.1) is 0 Å². The van der Waals surface area contributed by atoms with E-state index >= 15 is 0 Å². The van der Waals surface area contributed by atoms with Crippen molar-refractivity contribution in [2.45, 2.75) is 62.7 Å². The third-order valence-electron chi connectivity index (χ3n) is 9.56. The van der Waals surface area contributed by atoms with Gasteiger partial charge < -0.3 is 10.2 Å². The zero-order valence-corrected chi connectivity index (χ0v) is 38.9. The molecule has 2 aliphatic rings. The van der Waals surface area contributed by atoms with Gasteiger partial charge in [0.05, 0.1) is 11.1 Å². The van der Waals surface area contributed by atoms with Crippen LogP contribution in [0.5, 0.6) is 0 Å². The average molecular weight is 1200 g/mol. The van der Waals surface area contributed by atoms with Gasteiger partial charge in [0.2, 0.25) is 0 Å². The molecule has 9 heteroatoms. The van der Waals surface area contributed by atoms with Crippen LogP contribution in [0.25, 0.3) is 0 Å². The molecule has 0 bridgehead atoms. The van der Waals surface area contributed by atoms with E-state index in [1.165, 1.54) is 51.4 Å². The number of carbonyl (C=O) groups is 2. The van der Waals surface area contributed by atoms with Crippen LogP contribution in [-0.2, 0) is 61.8 Å². The van der Waals surface area contributed by atoms with Gasteiger partial charge >= 0.3 is 29.0 Å². The van der Waals surface area contributed by atoms with Crippen LogP contribution in [0.3, 0.4) is 0 Å². The summed E-state index contributed by atoms with van der Waals surface area (Å²) in [5, 5.41) is 23.0. The first-order valence-corrected chi connectivity index (χ1v) is 21.7. The van der Waals surface area contributed by atoms with E-state index in [0.29, 0.717) is 11.1 Å². The second-order valence-electron chi connectivity index (χ2n) is 13.3. The Kier molecular flexibility index (Phi) is 25.2. The summed E-state index contributed by atoms with van der Waals surface area (Å²) in [7, 11) is -0.304. The summed E-state index contributed by atoms with van der Waals surface area (Å²) in [6, 6.07) is 61.1. The van der Waals surface area contributed by atoms with Crippen molar-refractivity contribution in [2.24, 2.45) is 0 Å². The normalized spacial score (nSPS) is 13.1. The van der Waals surface area contributed by atoms with Gasteiger partial charge in [-0.25, -0.2) is 9.59 Å². The minimum absolute atomic E-state index is 0. The summed E-state index contributed by atoms with van der Waals surface area (Å²) in [5.74, 6) is -1.76. The number of carboxylic acid groups (broad SMARTS) is 2. The molecular weight excluding hydrogens is 1150 g/mol. The maximum Gasteiger partial charge on any atom is 2.00 e. The van der Waals surface area contributed by atoms with Gasteiger partial charge in [0, 0.05) is 44.8 Å². The van der Waals surface area contributed by atoms with Crippen LogP contribution in [0.15, 0.2) is 182 Å². The van der Waals surface area contributed by atoms with Crippen LogP contribution in [-0.4, -0.2) is 33.5 Å². The van der Waals surface area contributed by atoms with Crippen molar-refractivity contribution in [1.82, 2.24) is 0 Å². The molecule has 2 N–H and O–H groups in total. The van der Waals surface area contributed by atoms with E-state index in [4.69, 9.17) is 10.2 Å². The molecule has 0 heterocycles. The topological polar surface area (TPSA) is 74.6 Å². The van der Waals surface area contributed by atoms with E-state index in [1.54, 1.807) is 81.9 Å². The van der Waals surface area contributed by atoms with Gasteiger partial charge in [0.25, 0.3) is 0 Å². The molecule has 2 aliphatic carbocycles. The molecule has 0 aromatic heterocycles. The Bertz CT molecular complexity index is 1710. The van der Waals surface area contributed by atoms with Crippen molar-refractivity contribution in [3.63, 3.8) is 0 Å². The van der Waals surface area contributed by atoms with E-state index in [1.807, 2.05) is 0 Å². The number of benzene rings is 6. The first kappa shape index (κ1) is 50.3. The Morgan fingerprint density at radius 3 is 0.737 bits per heavy atom. The molecule has 0 saturated heterocycles. The van der Waals surface area contributed by atoms with Crippen LogP contribution in [0.1, 0.15) is 72.1 Å². The van der Waals surface area contributed by atoms with Gasteiger partial charge in [-0.05, 0) is 98.3 Å². The smallest absolute Gasteiger partial charge is 0.478 e. The summed E-state index contributed by atoms with van der Waals surface area (Å²) >= 11 is 0. The molecule has 0 amide bonds. The zero-order chi connectivity index (χ0) is 37.8. The molecule has 0 unspecified atom stereocenters. The summed E-state index contributed by atoms with van der Waals surface area (Å²) in [6.45, 7) is 0. The first-order valence-electron chi connectivity index (χ1n) is 18.9. The Balaban J connectivity index is 0.000000271.